The van der Waals surface area contributed by atoms with E-state index in [1.165, 1.54) is 0 Å². The zero-order chi connectivity index (χ0) is 24.2. The Morgan fingerprint density at radius 3 is 2.48 bits per heavy atom. The lowest BCUT2D eigenvalue weighted by Crippen LogP contribution is -2.48. The minimum absolute atomic E-state index is 0.157. The fourth-order valence-electron chi connectivity index (χ4n) is 4.17. The largest absolute Gasteiger partial charge is 0.348 e. The highest BCUT2D eigenvalue weighted by Gasteiger charge is 2.20. The lowest BCUT2D eigenvalue weighted by Gasteiger charge is -2.37. The van der Waals surface area contributed by atoms with Crippen molar-refractivity contribution in [1.82, 2.24) is 15.1 Å². The predicted octanol–water partition coefficient (Wildman–Crippen LogP) is 4.58. The number of halogens is 2. The van der Waals surface area contributed by atoms with E-state index >= 15 is 0 Å². The molecule has 0 radical (unpaired) electrons. The summed E-state index contributed by atoms with van der Waals surface area (Å²) in [6, 6.07) is 11.8. The van der Waals surface area contributed by atoms with Crippen molar-refractivity contribution in [3.8, 4) is 0 Å². The summed E-state index contributed by atoms with van der Waals surface area (Å²) in [7, 11) is -2.49. The van der Waals surface area contributed by atoms with E-state index in [1.807, 2.05) is 25.1 Å². The van der Waals surface area contributed by atoms with Gasteiger partial charge in [0.2, 0.25) is 0 Å². The Morgan fingerprint density at radius 2 is 1.85 bits per heavy atom. The van der Waals surface area contributed by atoms with Crippen LogP contribution in [0.2, 0.25) is 5.02 Å². The fourth-order valence-corrected chi connectivity index (χ4v) is 6.39. The van der Waals surface area contributed by atoms with Gasteiger partial charge in [-0.3, -0.25) is 18.8 Å². The van der Waals surface area contributed by atoms with Gasteiger partial charge in [0, 0.05) is 71.0 Å². The van der Waals surface area contributed by atoms with Crippen molar-refractivity contribution < 1.29 is 9.00 Å². The highest BCUT2D eigenvalue weighted by molar-refractivity contribution is 9.10. The van der Waals surface area contributed by atoms with Crippen LogP contribution in [0.15, 0.2) is 45.8 Å². The molecule has 1 saturated heterocycles. The second-order valence-corrected chi connectivity index (χ2v) is 13.8. The van der Waals surface area contributed by atoms with Crippen molar-refractivity contribution in [2.24, 2.45) is 0 Å². The maximum Gasteiger partial charge on any atom is 0.251 e. The zero-order valence-electron chi connectivity index (χ0n) is 19.9. The van der Waals surface area contributed by atoms with Gasteiger partial charge in [-0.05, 0) is 67.6 Å². The Morgan fingerprint density at radius 1 is 1.15 bits per heavy atom. The third-order valence-corrected chi connectivity index (χ3v) is 9.71. The standard InChI is InChI=1S/C25H35BrClN3O2S/c1-5-33(4,32)24-7-6-23(27)15-21(24)16-28-25(31)20-12-19(13-22(26)14-20)17-29-8-10-30(11-9-29)18(2)3/h6-7,12-15,18,33H,5,8-11,16-17H2,1-4H3,(H,28,31). The van der Waals surface area contributed by atoms with Crippen LogP contribution in [-0.2, 0) is 23.0 Å². The number of hydrogen-bond donors (Lipinski definition) is 2. The summed E-state index contributed by atoms with van der Waals surface area (Å²) < 4.78 is 13.9. The van der Waals surface area contributed by atoms with Crippen LogP contribution in [0.3, 0.4) is 0 Å². The Kier molecular flexibility index (Phi) is 9.15. The van der Waals surface area contributed by atoms with E-state index in [9.17, 15) is 9.00 Å². The summed E-state index contributed by atoms with van der Waals surface area (Å²) in [6.07, 6.45) is 1.78. The maximum atomic E-state index is 13.0. The Bertz CT molecular complexity index is 1040. The molecule has 182 valence electrons. The van der Waals surface area contributed by atoms with E-state index in [2.05, 4.69) is 51.0 Å². The van der Waals surface area contributed by atoms with Gasteiger partial charge < -0.3 is 5.32 Å². The Labute approximate surface area is 212 Å². The molecule has 1 N–H and O–H groups in total. The maximum absolute atomic E-state index is 13.0. The van der Waals surface area contributed by atoms with Crippen molar-refractivity contribution in [2.75, 3.05) is 38.2 Å². The van der Waals surface area contributed by atoms with Gasteiger partial charge in [-0.1, -0.05) is 44.4 Å². The highest BCUT2D eigenvalue weighted by atomic mass is 79.9. The molecule has 1 amide bonds. The minimum atomic E-state index is -2.49. The molecule has 33 heavy (non-hydrogen) atoms. The number of nitrogens with one attached hydrogen (secondary N) is 1. The van der Waals surface area contributed by atoms with Gasteiger partial charge in [-0.2, -0.15) is 0 Å². The fraction of sp³-hybridized carbons (Fsp3) is 0.480. The van der Waals surface area contributed by atoms with E-state index in [-0.39, 0.29) is 12.5 Å². The van der Waals surface area contributed by atoms with Crippen LogP contribution in [-0.4, -0.2) is 64.1 Å². The van der Waals surface area contributed by atoms with Crippen molar-refractivity contribution in [3.05, 3.63) is 62.6 Å². The van der Waals surface area contributed by atoms with E-state index in [0.29, 0.717) is 22.4 Å². The van der Waals surface area contributed by atoms with Gasteiger partial charge in [-0.25, -0.2) is 0 Å². The molecule has 0 aromatic heterocycles. The van der Waals surface area contributed by atoms with Gasteiger partial charge in [0.25, 0.3) is 5.91 Å². The van der Waals surface area contributed by atoms with Crippen molar-refractivity contribution in [2.45, 2.75) is 44.8 Å². The Balaban J connectivity index is 1.69. The zero-order valence-corrected chi connectivity index (χ0v) is 23.1. The summed E-state index contributed by atoms with van der Waals surface area (Å²) in [5, 5.41) is 3.57. The summed E-state index contributed by atoms with van der Waals surface area (Å²) >= 11 is 9.75. The number of rotatable bonds is 8. The van der Waals surface area contributed by atoms with E-state index in [0.717, 1.165) is 53.2 Å². The van der Waals surface area contributed by atoms with Crippen LogP contribution >= 0.6 is 27.5 Å². The number of benzene rings is 2. The number of thiol groups is 1. The molecule has 5 nitrogen and oxygen atoms in total. The van der Waals surface area contributed by atoms with Crippen LogP contribution in [0.5, 0.6) is 0 Å². The molecule has 0 atom stereocenters. The van der Waals surface area contributed by atoms with E-state index < -0.39 is 9.93 Å². The van der Waals surface area contributed by atoms with Crippen molar-refractivity contribution >= 4 is 43.4 Å². The molecular weight excluding hydrogens is 522 g/mol. The molecule has 0 spiro atoms. The quantitative estimate of drug-likeness (QED) is 0.467. The first-order valence-electron chi connectivity index (χ1n) is 11.5. The summed E-state index contributed by atoms with van der Waals surface area (Å²) in [5.74, 6) is 0.409. The smallest absolute Gasteiger partial charge is 0.251 e. The predicted molar refractivity (Wildman–Crippen MR) is 143 cm³/mol. The lowest BCUT2D eigenvalue weighted by atomic mass is 10.1. The van der Waals surface area contributed by atoms with Crippen LogP contribution in [0, 0.1) is 0 Å². The molecule has 0 bridgehead atoms. The van der Waals surface area contributed by atoms with Crippen LogP contribution in [0.4, 0.5) is 0 Å². The van der Waals surface area contributed by atoms with Crippen molar-refractivity contribution in [3.63, 3.8) is 0 Å². The van der Waals surface area contributed by atoms with Crippen LogP contribution in [0.1, 0.15) is 42.3 Å². The average Bonchev–Trinajstić information content (AvgIpc) is 2.77. The third kappa shape index (κ3) is 7.12. The van der Waals surface area contributed by atoms with Gasteiger partial charge in [0.05, 0.1) is 0 Å². The SMILES string of the molecule is CC[SH](C)(=O)c1ccc(Cl)cc1CNC(=O)c1cc(Br)cc(CN2CCN(C(C)C)CC2)c1. The lowest BCUT2D eigenvalue weighted by molar-refractivity contribution is 0.0949. The van der Waals surface area contributed by atoms with E-state index in [1.54, 1.807) is 18.4 Å². The van der Waals surface area contributed by atoms with Crippen LogP contribution < -0.4 is 5.32 Å². The number of carbonyl (C=O) groups is 1. The molecule has 1 aliphatic rings. The minimum Gasteiger partial charge on any atom is -0.348 e. The summed E-state index contributed by atoms with van der Waals surface area (Å²) in [6.45, 7) is 11.7. The molecule has 0 aliphatic carbocycles. The monoisotopic (exact) mass is 555 g/mol. The molecule has 0 unspecified atom stereocenters. The number of hydrogen-bond acceptors (Lipinski definition) is 4. The molecule has 1 fully saturated rings. The molecule has 1 aliphatic heterocycles. The first-order chi connectivity index (χ1) is 15.6. The second kappa shape index (κ2) is 11.5. The molecule has 1 heterocycles. The second-order valence-electron chi connectivity index (χ2n) is 9.13. The molecule has 2 aromatic carbocycles. The molecule has 2 aromatic rings. The number of piperazine rings is 1. The Hall–Kier alpha value is -1.25. The molecule has 3 rings (SSSR count). The molecule has 0 saturated carbocycles. The topological polar surface area (TPSA) is 52.7 Å². The normalized spacial score (nSPS) is 16.2. The highest BCUT2D eigenvalue weighted by Crippen LogP contribution is 2.25. The van der Waals surface area contributed by atoms with Gasteiger partial charge in [0.15, 0.2) is 0 Å². The average molecular weight is 557 g/mol. The first kappa shape index (κ1) is 26.4. The van der Waals surface area contributed by atoms with E-state index in [4.69, 9.17) is 11.6 Å². The number of amides is 1. The van der Waals surface area contributed by atoms with Gasteiger partial charge >= 0.3 is 0 Å². The van der Waals surface area contributed by atoms with Crippen molar-refractivity contribution in [1.29, 1.82) is 0 Å². The summed E-state index contributed by atoms with van der Waals surface area (Å²) in [4.78, 5) is 18.7. The number of carbonyl (C=O) groups excluding carboxylic acids is 1. The van der Waals surface area contributed by atoms with Crippen LogP contribution in [0.25, 0.3) is 0 Å². The third-order valence-electron chi connectivity index (χ3n) is 6.36. The number of nitrogens with zero attached hydrogens (tertiary/aromatic N) is 2. The first-order valence-corrected chi connectivity index (χ1v) is 15.0. The molecular formula is C25H35BrClN3O2S. The van der Waals surface area contributed by atoms with Gasteiger partial charge in [0.1, 0.15) is 0 Å². The molecule has 8 heteroatoms. The summed E-state index contributed by atoms with van der Waals surface area (Å²) in [5.41, 5.74) is 2.53. The van der Waals surface area contributed by atoms with Gasteiger partial charge in [-0.15, -0.1) is 0 Å².